The number of nitrogens with zero attached hydrogens (tertiary/aromatic N) is 2. The van der Waals surface area contributed by atoms with Crippen molar-refractivity contribution < 1.29 is 14.8 Å². The predicted molar refractivity (Wildman–Crippen MR) is 63.4 cm³/mol. The Morgan fingerprint density at radius 1 is 1.41 bits per heavy atom. The quantitative estimate of drug-likeness (QED) is 0.625. The average Bonchev–Trinajstić information content (AvgIpc) is 2.32. The van der Waals surface area contributed by atoms with Crippen LogP contribution in [0.3, 0.4) is 0 Å². The van der Waals surface area contributed by atoms with Crippen molar-refractivity contribution in [3.63, 3.8) is 0 Å². The summed E-state index contributed by atoms with van der Waals surface area (Å²) in [5.74, 6) is 0.260. The monoisotopic (exact) mass is 234 g/mol. The van der Waals surface area contributed by atoms with Crippen molar-refractivity contribution in [2.45, 2.75) is 0 Å². The molecule has 0 aliphatic heterocycles. The number of methoxy groups -OCH3 is 1. The van der Waals surface area contributed by atoms with Crippen LogP contribution in [0.1, 0.15) is 0 Å². The first kappa shape index (κ1) is 11.6. The number of aromatic nitrogens is 2. The van der Waals surface area contributed by atoms with Gasteiger partial charge in [-0.25, -0.2) is 4.68 Å². The van der Waals surface area contributed by atoms with Gasteiger partial charge in [-0.15, -0.1) is 0 Å². The topological polar surface area (TPSA) is 84.6 Å². The molecule has 88 valence electrons. The lowest BCUT2D eigenvalue weighted by Gasteiger charge is -2.09. The number of rotatable bonds is 2. The van der Waals surface area contributed by atoms with E-state index in [1.54, 1.807) is 7.05 Å². The second-order valence-corrected chi connectivity index (χ2v) is 3.63. The molecule has 2 rings (SSSR count). The molecule has 1 aromatic heterocycles. The van der Waals surface area contributed by atoms with E-state index in [0.29, 0.717) is 10.8 Å². The Labute approximate surface area is 97.2 Å². The number of benzene rings is 1. The van der Waals surface area contributed by atoms with E-state index in [1.165, 1.54) is 30.1 Å². The zero-order chi connectivity index (χ0) is 12.6. The molecule has 2 N–H and O–H groups in total. The number of ether oxygens (including phenoxy) is 1. The van der Waals surface area contributed by atoms with Gasteiger partial charge in [0.05, 0.1) is 18.7 Å². The smallest absolute Gasteiger partial charge is 0.492 e. The van der Waals surface area contributed by atoms with Crippen LogP contribution in [0.5, 0.6) is 5.75 Å². The highest BCUT2D eigenvalue weighted by atomic mass is 16.5. The van der Waals surface area contributed by atoms with Crippen molar-refractivity contribution in [2.24, 2.45) is 7.05 Å². The fourth-order valence-corrected chi connectivity index (χ4v) is 1.66. The summed E-state index contributed by atoms with van der Waals surface area (Å²) in [5, 5.41) is 23.2. The zero-order valence-corrected chi connectivity index (χ0v) is 9.41. The Morgan fingerprint density at radius 2 is 2.12 bits per heavy atom. The first-order valence-corrected chi connectivity index (χ1v) is 4.94. The standard InChI is InChI=1S/C10H11BN2O4/c1-13-10(14)7-4-9(17-2)8(11(15)16)3-6(7)5-12-13/h3-5,15-16H,1-2H3. The first-order valence-electron chi connectivity index (χ1n) is 4.94. The third kappa shape index (κ3) is 1.90. The number of aryl methyl sites for hydroxylation is 1. The summed E-state index contributed by atoms with van der Waals surface area (Å²) in [6, 6.07) is 2.96. The van der Waals surface area contributed by atoms with Gasteiger partial charge in [0.2, 0.25) is 0 Å². The lowest BCUT2D eigenvalue weighted by molar-refractivity contribution is 0.403. The normalized spacial score (nSPS) is 10.6. The minimum atomic E-state index is -1.65. The van der Waals surface area contributed by atoms with Gasteiger partial charge in [0.1, 0.15) is 5.75 Å². The van der Waals surface area contributed by atoms with Crippen molar-refractivity contribution in [2.75, 3.05) is 7.11 Å². The van der Waals surface area contributed by atoms with E-state index < -0.39 is 7.12 Å². The Bertz CT molecular complexity index is 623. The third-order valence-electron chi connectivity index (χ3n) is 2.57. The van der Waals surface area contributed by atoms with Gasteiger partial charge in [-0.2, -0.15) is 5.10 Å². The Kier molecular flexibility index (Phi) is 2.87. The summed E-state index contributed by atoms with van der Waals surface area (Å²) in [4.78, 5) is 11.8. The Balaban J connectivity index is 2.83. The van der Waals surface area contributed by atoms with E-state index in [9.17, 15) is 14.8 Å². The molecular weight excluding hydrogens is 223 g/mol. The van der Waals surface area contributed by atoms with Crippen molar-refractivity contribution in [3.05, 3.63) is 28.7 Å². The van der Waals surface area contributed by atoms with Crippen LogP contribution < -0.4 is 15.8 Å². The minimum Gasteiger partial charge on any atom is -0.497 e. The van der Waals surface area contributed by atoms with Gasteiger partial charge in [0, 0.05) is 17.9 Å². The van der Waals surface area contributed by atoms with Gasteiger partial charge in [-0.05, 0) is 12.1 Å². The van der Waals surface area contributed by atoms with Crippen LogP contribution in [-0.2, 0) is 7.05 Å². The van der Waals surface area contributed by atoms with E-state index in [1.807, 2.05) is 0 Å². The third-order valence-corrected chi connectivity index (χ3v) is 2.57. The fourth-order valence-electron chi connectivity index (χ4n) is 1.66. The van der Waals surface area contributed by atoms with Crippen LogP contribution in [0.2, 0.25) is 0 Å². The molecule has 0 saturated carbocycles. The minimum absolute atomic E-state index is 0.204. The maximum Gasteiger partial charge on any atom is 0.492 e. The summed E-state index contributed by atoms with van der Waals surface area (Å²) >= 11 is 0. The average molecular weight is 234 g/mol. The molecule has 0 bridgehead atoms. The van der Waals surface area contributed by atoms with Crippen molar-refractivity contribution >= 4 is 23.4 Å². The molecule has 2 aromatic rings. The van der Waals surface area contributed by atoms with Crippen LogP contribution in [0.4, 0.5) is 0 Å². The van der Waals surface area contributed by atoms with Crippen LogP contribution in [-0.4, -0.2) is 34.1 Å². The van der Waals surface area contributed by atoms with Crippen LogP contribution in [0, 0.1) is 0 Å². The van der Waals surface area contributed by atoms with E-state index in [-0.39, 0.29) is 16.8 Å². The molecule has 0 unspecified atom stereocenters. The molecule has 7 heteroatoms. The van der Waals surface area contributed by atoms with Gasteiger partial charge in [-0.1, -0.05) is 0 Å². The second-order valence-electron chi connectivity index (χ2n) is 3.63. The Hall–Kier alpha value is -1.86. The zero-order valence-electron chi connectivity index (χ0n) is 9.41. The Morgan fingerprint density at radius 3 is 2.71 bits per heavy atom. The SMILES string of the molecule is COc1cc2c(=O)n(C)ncc2cc1B(O)O. The summed E-state index contributed by atoms with van der Waals surface area (Å²) < 4.78 is 6.23. The molecule has 0 aliphatic carbocycles. The fraction of sp³-hybridized carbons (Fsp3) is 0.200. The molecular formula is C10H11BN2O4. The lowest BCUT2D eigenvalue weighted by Crippen LogP contribution is -2.32. The summed E-state index contributed by atoms with van der Waals surface area (Å²) in [6.45, 7) is 0. The molecule has 6 nitrogen and oxygen atoms in total. The molecule has 1 aromatic carbocycles. The van der Waals surface area contributed by atoms with Gasteiger partial charge < -0.3 is 14.8 Å². The first-order chi connectivity index (χ1) is 8.04. The molecule has 0 fully saturated rings. The van der Waals surface area contributed by atoms with E-state index in [2.05, 4.69) is 5.10 Å². The number of fused-ring (bicyclic) bond motifs is 1. The van der Waals surface area contributed by atoms with Gasteiger partial charge >= 0.3 is 7.12 Å². The van der Waals surface area contributed by atoms with Crippen LogP contribution >= 0.6 is 0 Å². The van der Waals surface area contributed by atoms with E-state index in [4.69, 9.17) is 4.74 Å². The molecule has 1 heterocycles. The molecule has 0 saturated heterocycles. The molecule has 0 amide bonds. The second kappa shape index (κ2) is 4.19. The van der Waals surface area contributed by atoms with Crippen LogP contribution in [0.25, 0.3) is 10.8 Å². The predicted octanol–water partition coefficient (Wildman–Crippen LogP) is -1.38. The maximum absolute atomic E-state index is 11.8. The van der Waals surface area contributed by atoms with Gasteiger partial charge in [-0.3, -0.25) is 4.79 Å². The highest BCUT2D eigenvalue weighted by Crippen LogP contribution is 2.15. The number of hydrogen-bond acceptors (Lipinski definition) is 5. The number of hydrogen-bond donors (Lipinski definition) is 2. The summed E-state index contributed by atoms with van der Waals surface area (Å²) in [5.41, 5.74) is -0.0603. The maximum atomic E-state index is 11.8. The lowest BCUT2D eigenvalue weighted by atomic mass is 9.78. The molecule has 0 aliphatic rings. The van der Waals surface area contributed by atoms with E-state index >= 15 is 0 Å². The highest BCUT2D eigenvalue weighted by molar-refractivity contribution is 6.60. The summed E-state index contributed by atoms with van der Waals surface area (Å²) in [7, 11) is 1.29. The van der Waals surface area contributed by atoms with Crippen molar-refractivity contribution in [3.8, 4) is 5.75 Å². The molecule has 0 spiro atoms. The largest absolute Gasteiger partial charge is 0.497 e. The van der Waals surface area contributed by atoms with Crippen molar-refractivity contribution in [1.29, 1.82) is 0 Å². The van der Waals surface area contributed by atoms with Gasteiger partial charge in [0.15, 0.2) is 0 Å². The van der Waals surface area contributed by atoms with Crippen molar-refractivity contribution in [1.82, 2.24) is 9.78 Å². The molecule has 0 radical (unpaired) electrons. The summed E-state index contributed by atoms with van der Waals surface area (Å²) in [6.07, 6.45) is 1.49. The highest BCUT2D eigenvalue weighted by Gasteiger charge is 2.18. The molecule has 17 heavy (non-hydrogen) atoms. The van der Waals surface area contributed by atoms with Crippen LogP contribution in [0.15, 0.2) is 23.1 Å². The van der Waals surface area contributed by atoms with Gasteiger partial charge in [0.25, 0.3) is 5.56 Å². The molecule has 0 atom stereocenters. The van der Waals surface area contributed by atoms with E-state index in [0.717, 1.165) is 0 Å².